The third kappa shape index (κ3) is 3.00. The van der Waals surface area contributed by atoms with E-state index in [1.165, 1.54) is 0 Å². The molecule has 7 heteroatoms. The minimum absolute atomic E-state index is 0.0343. The number of halogens is 3. The fourth-order valence-corrected chi connectivity index (χ4v) is 1.85. The van der Waals surface area contributed by atoms with Gasteiger partial charge in [0.2, 0.25) is 0 Å². The Morgan fingerprint density at radius 3 is 2.60 bits per heavy atom. The summed E-state index contributed by atoms with van der Waals surface area (Å²) in [6.07, 6.45) is 0. The summed E-state index contributed by atoms with van der Waals surface area (Å²) in [6.45, 7) is 0.0343. The molecule has 2 N–H and O–H groups in total. The predicted molar refractivity (Wildman–Crippen MR) is 74.2 cm³/mol. The van der Waals surface area contributed by atoms with Gasteiger partial charge in [-0.1, -0.05) is 53.5 Å². The summed E-state index contributed by atoms with van der Waals surface area (Å²) in [6, 6.07) is 9.02. The summed E-state index contributed by atoms with van der Waals surface area (Å²) in [5, 5.41) is -0.844. The minimum Gasteiger partial charge on any atom is -0.456 e. The molecule has 104 valence electrons. The molecular weight excluding hydrogens is 306 g/mol. The van der Waals surface area contributed by atoms with Gasteiger partial charge >= 0.3 is 5.97 Å². The summed E-state index contributed by atoms with van der Waals surface area (Å²) < 4.78 is 18.4. The molecule has 1 aromatic carbocycles. The molecule has 0 aliphatic heterocycles. The maximum absolute atomic E-state index is 13.3. The van der Waals surface area contributed by atoms with Crippen molar-refractivity contribution < 1.29 is 13.9 Å². The molecule has 0 radical (unpaired) electrons. The number of esters is 1. The first-order valence-corrected chi connectivity index (χ1v) is 6.27. The molecular formula is C13H9Cl2FN2O2. The lowest BCUT2D eigenvalue weighted by molar-refractivity contribution is 0.0466. The number of benzene rings is 1. The molecule has 0 atom stereocenters. The third-order valence-electron chi connectivity index (χ3n) is 2.48. The molecule has 0 bridgehead atoms. The van der Waals surface area contributed by atoms with Crippen LogP contribution in [0.5, 0.6) is 0 Å². The molecule has 0 amide bonds. The smallest absolute Gasteiger partial charge is 0.358 e. The van der Waals surface area contributed by atoms with Crippen LogP contribution in [0.1, 0.15) is 16.1 Å². The van der Waals surface area contributed by atoms with Crippen molar-refractivity contribution in [2.24, 2.45) is 0 Å². The van der Waals surface area contributed by atoms with Crippen LogP contribution in [0, 0.1) is 5.82 Å². The van der Waals surface area contributed by atoms with Crippen molar-refractivity contribution in [3.63, 3.8) is 0 Å². The van der Waals surface area contributed by atoms with Crippen molar-refractivity contribution >= 4 is 34.9 Å². The number of nitrogens with two attached hydrogens (primary N) is 1. The zero-order chi connectivity index (χ0) is 14.7. The monoisotopic (exact) mass is 314 g/mol. The Hall–Kier alpha value is -1.85. The van der Waals surface area contributed by atoms with Gasteiger partial charge in [-0.25, -0.2) is 14.2 Å². The second-order valence-electron chi connectivity index (χ2n) is 3.85. The van der Waals surface area contributed by atoms with Gasteiger partial charge in [0, 0.05) is 0 Å². The van der Waals surface area contributed by atoms with E-state index in [4.69, 9.17) is 33.7 Å². The average Bonchev–Trinajstić information content (AvgIpc) is 2.47. The van der Waals surface area contributed by atoms with Gasteiger partial charge in [-0.2, -0.15) is 0 Å². The lowest BCUT2D eigenvalue weighted by atomic mass is 10.2. The number of carbonyl (C=O) groups is 1. The van der Waals surface area contributed by atoms with Gasteiger partial charge in [-0.05, 0) is 5.56 Å². The molecule has 0 unspecified atom stereocenters. The number of pyridine rings is 1. The Balaban J connectivity index is 2.18. The van der Waals surface area contributed by atoms with Crippen LogP contribution in [0.15, 0.2) is 30.3 Å². The Morgan fingerprint density at radius 2 is 1.95 bits per heavy atom. The second kappa shape index (κ2) is 6.07. The first kappa shape index (κ1) is 14.6. The number of nitrogen functional groups attached to an aromatic ring is 1. The maximum atomic E-state index is 13.3. The number of hydrogen-bond acceptors (Lipinski definition) is 4. The van der Waals surface area contributed by atoms with E-state index in [9.17, 15) is 9.18 Å². The number of carbonyl (C=O) groups excluding carboxylic acids is 1. The van der Waals surface area contributed by atoms with Gasteiger partial charge in [0.05, 0.1) is 10.7 Å². The molecule has 0 fully saturated rings. The van der Waals surface area contributed by atoms with Crippen LogP contribution in [-0.2, 0) is 11.3 Å². The molecule has 1 aromatic heterocycles. The van der Waals surface area contributed by atoms with Crippen molar-refractivity contribution in [1.29, 1.82) is 0 Å². The lowest BCUT2D eigenvalue weighted by Gasteiger charge is -2.08. The topological polar surface area (TPSA) is 65.2 Å². The summed E-state index contributed by atoms with van der Waals surface area (Å²) in [4.78, 5) is 15.4. The van der Waals surface area contributed by atoms with Crippen LogP contribution in [0.4, 0.5) is 10.1 Å². The molecule has 1 heterocycles. The molecule has 0 aliphatic rings. The van der Waals surface area contributed by atoms with Crippen LogP contribution in [0.25, 0.3) is 0 Å². The van der Waals surface area contributed by atoms with Gasteiger partial charge in [0.25, 0.3) is 0 Å². The van der Waals surface area contributed by atoms with Gasteiger partial charge < -0.3 is 10.5 Å². The fourth-order valence-electron chi connectivity index (χ4n) is 1.46. The largest absolute Gasteiger partial charge is 0.456 e. The molecule has 4 nitrogen and oxygen atoms in total. The molecule has 0 saturated heterocycles. The van der Waals surface area contributed by atoms with Crippen LogP contribution in [0.2, 0.25) is 10.2 Å². The van der Waals surface area contributed by atoms with E-state index in [0.29, 0.717) is 0 Å². The fraction of sp³-hybridized carbons (Fsp3) is 0.0769. The van der Waals surface area contributed by atoms with E-state index in [1.54, 1.807) is 24.3 Å². The van der Waals surface area contributed by atoms with Crippen LogP contribution in [-0.4, -0.2) is 11.0 Å². The van der Waals surface area contributed by atoms with E-state index < -0.39 is 22.6 Å². The zero-order valence-electron chi connectivity index (χ0n) is 10.1. The molecule has 0 saturated carbocycles. The molecule has 0 aliphatic carbocycles. The standard InChI is InChI=1S/C13H9Cl2FN2O2/c14-8-10(17)9(16)12(15)18-11(8)13(19)20-6-7-4-2-1-3-5-7/h1-5H,6H2,(H2,17,18). The van der Waals surface area contributed by atoms with Crippen molar-refractivity contribution in [3.8, 4) is 0 Å². The molecule has 2 rings (SSSR count). The van der Waals surface area contributed by atoms with Crippen molar-refractivity contribution in [3.05, 3.63) is 57.6 Å². The van der Waals surface area contributed by atoms with E-state index in [1.807, 2.05) is 6.07 Å². The second-order valence-corrected chi connectivity index (χ2v) is 4.59. The van der Waals surface area contributed by atoms with E-state index in [-0.39, 0.29) is 17.3 Å². The first-order chi connectivity index (χ1) is 9.50. The normalized spacial score (nSPS) is 10.3. The summed E-state index contributed by atoms with van der Waals surface area (Å²) >= 11 is 11.3. The number of aromatic nitrogens is 1. The van der Waals surface area contributed by atoms with Crippen molar-refractivity contribution in [2.75, 3.05) is 5.73 Å². The number of hydrogen-bond donors (Lipinski definition) is 1. The van der Waals surface area contributed by atoms with Crippen LogP contribution < -0.4 is 5.73 Å². The SMILES string of the molecule is Nc1c(F)c(Cl)nc(C(=O)OCc2ccccc2)c1Cl. The highest BCUT2D eigenvalue weighted by molar-refractivity contribution is 6.37. The Bertz CT molecular complexity index is 651. The van der Waals surface area contributed by atoms with Crippen LogP contribution in [0.3, 0.4) is 0 Å². The summed E-state index contributed by atoms with van der Waals surface area (Å²) in [5.41, 5.74) is 5.43. The van der Waals surface area contributed by atoms with Gasteiger partial charge in [-0.15, -0.1) is 0 Å². The number of nitrogens with zero attached hydrogens (tertiary/aromatic N) is 1. The summed E-state index contributed by atoms with van der Waals surface area (Å²) in [7, 11) is 0. The highest BCUT2D eigenvalue weighted by atomic mass is 35.5. The number of ether oxygens (including phenoxy) is 1. The Kier molecular flexibility index (Phi) is 4.42. The number of rotatable bonds is 3. The summed E-state index contributed by atoms with van der Waals surface area (Å²) in [5.74, 6) is -1.79. The zero-order valence-corrected chi connectivity index (χ0v) is 11.6. The van der Waals surface area contributed by atoms with Gasteiger partial charge in [0.1, 0.15) is 6.61 Å². The minimum atomic E-state index is -0.962. The van der Waals surface area contributed by atoms with Crippen molar-refractivity contribution in [1.82, 2.24) is 4.98 Å². The first-order valence-electron chi connectivity index (χ1n) is 5.51. The van der Waals surface area contributed by atoms with Gasteiger partial charge in [0.15, 0.2) is 16.7 Å². The highest BCUT2D eigenvalue weighted by Crippen LogP contribution is 2.29. The molecule has 20 heavy (non-hydrogen) atoms. The van der Waals surface area contributed by atoms with E-state index in [2.05, 4.69) is 4.98 Å². The van der Waals surface area contributed by atoms with Crippen molar-refractivity contribution in [2.45, 2.75) is 6.61 Å². The average molecular weight is 315 g/mol. The molecule has 2 aromatic rings. The van der Waals surface area contributed by atoms with E-state index >= 15 is 0 Å². The van der Waals surface area contributed by atoms with E-state index in [0.717, 1.165) is 5.56 Å². The van der Waals surface area contributed by atoms with Crippen LogP contribution >= 0.6 is 23.2 Å². The predicted octanol–water partition coefficient (Wildman–Crippen LogP) is 3.47. The maximum Gasteiger partial charge on any atom is 0.358 e. The highest BCUT2D eigenvalue weighted by Gasteiger charge is 2.21. The quantitative estimate of drug-likeness (QED) is 0.696. The molecule has 0 spiro atoms. The number of anilines is 1. The Labute approximate surface area is 124 Å². The third-order valence-corrected chi connectivity index (χ3v) is 3.11. The lowest BCUT2D eigenvalue weighted by Crippen LogP contribution is -2.11. The Morgan fingerprint density at radius 1 is 1.30 bits per heavy atom. The van der Waals surface area contributed by atoms with Gasteiger partial charge in [-0.3, -0.25) is 0 Å².